The number of hydrogen-bond donors (Lipinski definition) is 0. The Balaban J connectivity index is 1.64. The number of ether oxygens (including phenoxy) is 2. The number of piperidine rings is 1. The van der Waals surface area contributed by atoms with Gasteiger partial charge in [0.05, 0.1) is 12.2 Å². The van der Waals surface area contributed by atoms with Crippen molar-refractivity contribution in [1.82, 2.24) is 10.2 Å². The molecule has 0 saturated carbocycles. The molecule has 0 N–H and O–H groups in total. The first-order valence-corrected chi connectivity index (χ1v) is 9.74. The van der Waals surface area contributed by atoms with E-state index in [1.165, 1.54) is 12.1 Å². The molecule has 0 amide bonds. The lowest BCUT2D eigenvalue weighted by atomic mass is 10.1. The number of benzene rings is 1. The van der Waals surface area contributed by atoms with Gasteiger partial charge in [-0.1, -0.05) is 6.92 Å². The van der Waals surface area contributed by atoms with Crippen LogP contribution in [0.1, 0.15) is 37.4 Å². The topological polar surface area (TPSA) is 47.5 Å². The van der Waals surface area contributed by atoms with Crippen LogP contribution in [-0.2, 0) is 12.4 Å². The molecule has 0 unspecified atom stereocenters. The lowest BCUT2D eigenvalue weighted by Gasteiger charge is -2.33. The Morgan fingerprint density at radius 2 is 1.65 bits per heavy atom. The van der Waals surface area contributed by atoms with Gasteiger partial charge >= 0.3 is 12.4 Å². The predicted molar refractivity (Wildman–Crippen MR) is 100 cm³/mol. The molecule has 31 heavy (non-hydrogen) atoms. The molecule has 2 aromatic rings. The van der Waals surface area contributed by atoms with Crippen molar-refractivity contribution >= 4 is 5.82 Å². The second-order valence-electron chi connectivity index (χ2n) is 7.09. The highest BCUT2D eigenvalue weighted by Crippen LogP contribution is 2.37. The fourth-order valence-corrected chi connectivity index (χ4v) is 3.13. The molecule has 11 heteroatoms. The summed E-state index contributed by atoms with van der Waals surface area (Å²) in [6.07, 6.45) is -7.67. The number of nitrogens with zero attached hydrogens (tertiary/aromatic N) is 3. The van der Waals surface area contributed by atoms with Crippen molar-refractivity contribution in [2.75, 3.05) is 24.6 Å². The van der Waals surface area contributed by atoms with Crippen molar-refractivity contribution in [2.45, 2.75) is 44.6 Å². The van der Waals surface area contributed by atoms with Crippen LogP contribution in [0.3, 0.4) is 0 Å². The van der Waals surface area contributed by atoms with Gasteiger partial charge in [0.1, 0.15) is 6.10 Å². The summed E-state index contributed by atoms with van der Waals surface area (Å²) >= 11 is 0. The highest BCUT2D eigenvalue weighted by molar-refractivity contribution is 5.44. The minimum absolute atomic E-state index is 0.0349. The number of hydrogen-bond acceptors (Lipinski definition) is 5. The van der Waals surface area contributed by atoms with Gasteiger partial charge in [-0.3, -0.25) is 0 Å². The number of rotatable bonds is 6. The van der Waals surface area contributed by atoms with Gasteiger partial charge in [0.25, 0.3) is 0 Å². The third-order valence-corrected chi connectivity index (χ3v) is 4.73. The number of halogens is 6. The Bertz CT molecular complexity index is 863. The fraction of sp³-hybridized carbons (Fsp3) is 0.500. The summed E-state index contributed by atoms with van der Waals surface area (Å²) in [5.74, 6) is 0.592. The summed E-state index contributed by atoms with van der Waals surface area (Å²) in [4.78, 5) is 1.79. The Labute approximate surface area is 175 Å². The molecule has 3 rings (SSSR count). The lowest BCUT2D eigenvalue weighted by molar-refractivity contribution is -0.141. The number of alkyl halides is 6. The molecule has 0 radical (unpaired) electrons. The Kier molecular flexibility index (Phi) is 6.80. The molecule has 0 aliphatic carbocycles. The van der Waals surface area contributed by atoms with E-state index in [1.54, 1.807) is 4.90 Å². The van der Waals surface area contributed by atoms with Gasteiger partial charge in [-0.25, -0.2) is 0 Å². The van der Waals surface area contributed by atoms with Gasteiger partial charge in [0.15, 0.2) is 23.0 Å². The van der Waals surface area contributed by atoms with Crippen molar-refractivity contribution in [3.05, 3.63) is 41.6 Å². The van der Waals surface area contributed by atoms with Crippen LogP contribution in [0.15, 0.2) is 30.3 Å². The van der Waals surface area contributed by atoms with Crippen LogP contribution < -0.4 is 14.4 Å². The first-order chi connectivity index (χ1) is 14.6. The first-order valence-electron chi connectivity index (χ1n) is 9.74. The summed E-state index contributed by atoms with van der Waals surface area (Å²) < 4.78 is 88.2. The molecule has 2 heterocycles. The molecular weight excluding hydrogens is 428 g/mol. The normalized spacial score (nSPS) is 15.8. The molecule has 0 bridgehead atoms. The fourth-order valence-electron chi connectivity index (χ4n) is 3.13. The maximum Gasteiger partial charge on any atom is 0.435 e. The highest BCUT2D eigenvalue weighted by atomic mass is 19.4. The van der Waals surface area contributed by atoms with Gasteiger partial charge in [-0.05, 0) is 36.8 Å². The third kappa shape index (κ3) is 5.92. The predicted octanol–water partition coefficient (Wildman–Crippen LogP) is 5.35. The minimum Gasteiger partial charge on any atom is -0.490 e. The molecule has 1 aliphatic heterocycles. The first kappa shape index (κ1) is 23.0. The van der Waals surface area contributed by atoms with Crippen molar-refractivity contribution in [3.63, 3.8) is 0 Å². The number of anilines is 1. The lowest BCUT2D eigenvalue weighted by Crippen LogP contribution is -2.39. The summed E-state index contributed by atoms with van der Waals surface area (Å²) in [6, 6.07) is 5.27. The van der Waals surface area contributed by atoms with E-state index >= 15 is 0 Å². The molecule has 1 aromatic carbocycles. The van der Waals surface area contributed by atoms with E-state index in [2.05, 4.69) is 10.2 Å². The van der Waals surface area contributed by atoms with E-state index in [4.69, 9.17) is 9.47 Å². The summed E-state index contributed by atoms with van der Waals surface area (Å²) in [5, 5.41) is 6.87. The summed E-state index contributed by atoms with van der Waals surface area (Å²) in [6.45, 7) is 3.00. The van der Waals surface area contributed by atoms with Gasteiger partial charge in [-0.15, -0.1) is 10.2 Å². The van der Waals surface area contributed by atoms with E-state index in [-0.39, 0.29) is 24.2 Å². The van der Waals surface area contributed by atoms with E-state index in [1.807, 2.05) is 6.92 Å². The molecule has 1 aromatic heterocycles. The average molecular weight is 449 g/mol. The number of aromatic nitrogens is 2. The van der Waals surface area contributed by atoms with E-state index in [9.17, 15) is 26.3 Å². The van der Waals surface area contributed by atoms with Crippen LogP contribution in [0.5, 0.6) is 11.5 Å². The maximum absolute atomic E-state index is 13.0. The van der Waals surface area contributed by atoms with Crippen LogP contribution in [0.25, 0.3) is 0 Å². The van der Waals surface area contributed by atoms with E-state index in [0.717, 1.165) is 18.2 Å². The molecule has 0 atom stereocenters. The zero-order chi connectivity index (χ0) is 22.6. The summed E-state index contributed by atoms with van der Waals surface area (Å²) in [7, 11) is 0. The summed E-state index contributed by atoms with van der Waals surface area (Å²) in [5.41, 5.74) is -1.88. The zero-order valence-electron chi connectivity index (χ0n) is 16.6. The standard InChI is InChI=1S/C20H21F6N3O2/c1-2-11-30-16-12-13(19(21,22)23)3-4-15(16)31-14-7-9-29(10-8-14)18-6-5-17(27-28-18)20(24,25)26/h3-6,12,14H,2,7-11H2,1H3. The third-order valence-electron chi connectivity index (χ3n) is 4.73. The quantitative estimate of drug-likeness (QED) is 0.557. The van der Waals surface area contributed by atoms with Crippen LogP contribution >= 0.6 is 0 Å². The highest BCUT2D eigenvalue weighted by Gasteiger charge is 2.34. The van der Waals surface area contributed by atoms with Crippen molar-refractivity contribution < 1.29 is 35.8 Å². The van der Waals surface area contributed by atoms with Gasteiger partial charge in [-0.2, -0.15) is 26.3 Å². The molecule has 1 fully saturated rings. The van der Waals surface area contributed by atoms with Crippen LogP contribution in [0.4, 0.5) is 32.2 Å². The minimum atomic E-state index is -4.55. The van der Waals surface area contributed by atoms with E-state index < -0.39 is 23.6 Å². The molecule has 1 saturated heterocycles. The monoisotopic (exact) mass is 449 g/mol. The molecule has 1 aliphatic rings. The van der Waals surface area contributed by atoms with Crippen molar-refractivity contribution in [3.8, 4) is 11.5 Å². The SMILES string of the molecule is CCCOc1cc(C(F)(F)F)ccc1OC1CCN(c2ccc(C(F)(F)F)nn2)CC1. The van der Waals surface area contributed by atoms with Crippen molar-refractivity contribution in [1.29, 1.82) is 0 Å². The van der Waals surface area contributed by atoms with Crippen LogP contribution in [0.2, 0.25) is 0 Å². The average Bonchev–Trinajstić information content (AvgIpc) is 2.72. The smallest absolute Gasteiger partial charge is 0.435 e. The van der Waals surface area contributed by atoms with Crippen molar-refractivity contribution in [2.24, 2.45) is 0 Å². The second-order valence-corrected chi connectivity index (χ2v) is 7.09. The van der Waals surface area contributed by atoms with Gasteiger partial charge < -0.3 is 14.4 Å². The van der Waals surface area contributed by atoms with Crippen LogP contribution in [-0.4, -0.2) is 36.0 Å². The van der Waals surface area contributed by atoms with Gasteiger partial charge in [0.2, 0.25) is 0 Å². The Hall–Kier alpha value is -2.72. The molecule has 0 spiro atoms. The second kappa shape index (κ2) is 9.19. The largest absolute Gasteiger partial charge is 0.490 e. The molecule has 5 nitrogen and oxygen atoms in total. The molecule has 170 valence electrons. The van der Waals surface area contributed by atoms with Gasteiger partial charge in [0, 0.05) is 25.9 Å². The molecular formula is C20H21F6N3O2. The zero-order valence-corrected chi connectivity index (χ0v) is 16.6. The van der Waals surface area contributed by atoms with Crippen LogP contribution in [0, 0.1) is 0 Å². The van der Waals surface area contributed by atoms with E-state index in [0.29, 0.717) is 38.2 Å². The maximum atomic E-state index is 13.0. The Morgan fingerprint density at radius 1 is 0.935 bits per heavy atom. The Morgan fingerprint density at radius 3 is 2.19 bits per heavy atom.